The summed E-state index contributed by atoms with van der Waals surface area (Å²) in [6, 6.07) is 13.0. The first-order valence-electron chi connectivity index (χ1n) is 5.59. The van der Waals surface area contributed by atoms with Gasteiger partial charge in [0.05, 0.1) is 0 Å². The van der Waals surface area contributed by atoms with Crippen molar-refractivity contribution in [3.63, 3.8) is 0 Å². The van der Waals surface area contributed by atoms with Gasteiger partial charge in [-0.2, -0.15) is 0 Å². The SMILES string of the molecule is Cc1ccc(COc2ccc(C)c(F)c2)cc1. The van der Waals surface area contributed by atoms with Gasteiger partial charge in [0.25, 0.3) is 0 Å². The summed E-state index contributed by atoms with van der Waals surface area (Å²) >= 11 is 0. The van der Waals surface area contributed by atoms with Crippen LogP contribution in [0.3, 0.4) is 0 Å². The smallest absolute Gasteiger partial charge is 0.129 e. The molecule has 0 saturated carbocycles. The van der Waals surface area contributed by atoms with Crippen LogP contribution in [-0.2, 0) is 6.61 Å². The summed E-state index contributed by atoms with van der Waals surface area (Å²) in [6.45, 7) is 4.24. The second-order valence-corrected chi connectivity index (χ2v) is 4.19. The molecule has 0 aliphatic heterocycles. The van der Waals surface area contributed by atoms with Crippen LogP contribution < -0.4 is 4.74 Å². The van der Waals surface area contributed by atoms with Crippen molar-refractivity contribution in [1.29, 1.82) is 0 Å². The number of hydrogen-bond acceptors (Lipinski definition) is 1. The summed E-state index contributed by atoms with van der Waals surface area (Å²) in [4.78, 5) is 0. The molecule has 2 aromatic rings. The Morgan fingerprint density at radius 2 is 1.71 bits per heavy atom. The van der Waals surface area contributed by atoms with E-state index >= 15 is 0 Å². The second-order valence-electron chi connectivity index (χ2n) is 4.19. The third kappa shape index (κ3) is 3.06. The van der Waals surface area contributed by atoms with Crippen molar-refractivity contribution in [3.8, 4) is 5.75 Å². The Morgan fingerprint density at radius 1 is 1.00 bits per heavy atom. The standard InChI is InChI=1S/C15H15FO/c1-11-3-6-13(7-4-11)10-17-14-8-5-12(2)15(16)9-14/h3-9H,10H2,1-2H3. The highest BCUT2D eigenvalue weighted by Crippen LogP contribution is 2.17. The first kappa shape index (κ1) is 11.6. The van der Waals surface area contributed by atoms with Crippen LogP contribution in [0.5, 0.6) is 5.75 Å². The lowest BCUT2D eigenvalue weighted by atomic mass is 10.2. The fourth-order valence-electron chi connectivity index (χ4n) is 1.51. The van der Waals surface area contributed by atoms with Gasteiger partial charge in [-0.15, -0.1) is 0 Å². The van der Waals surface area contributed by atoms with Crippen molar-refractivity contribution in [1.82, 2.24) is 0 Å². The average molecular weight is 230 g/mol. The molecule has 1 nitrogen and oxygen atoms in total. The molecule has 0 radical (unpaired) electrons. The molecule has 88 valence electrons. The van der Waals surface area contributed by atoms with Crippen LogP contribution in [0.1, 0.15) is 16.7 Å². The second kappa shape index (κ2) is 5.00. The Morgan fingerprint density at radius 3 is 2.35 bits per heavy atom. The average Bonchev–Trinajstić information content (AvgIpc) is 2.33. The molecule has 2 heteroatoms. The summed E-state index contributed by atoms with van der Waals surface area (Å²) in [5.41, 5.74) is 2.93. The Kier molecular flexibility index (Phi) is 3.43. The molecule has 0 N–H and O–H groups in total. The third-order valence-corrected chi connectivity index (χ3v) is 2.67. The first-order chi connectivity index (χ1) is 8.15. The highest BCUT2D eigenvalue weighted by Gasteiger charge is 2.00. The Bertz CT molecular complexity index is 503. The Hall–Kier alpha value is -1.83. The molecule has 0 fully saturated rings. The highest BCUT2D eigenvalue weighted by molar-refractivity contribution is 5.28. The fraction of sp³-hybridized carbons (Fsp3) is 0.200. The summed E-state index contributed by atoms with van der Waals surface area (Å²) in [5, 5.41) is 0. The van der Waals surface area contributed by atoms with Gasteiger partial charge in [0, 0.05) is 6.07 Å². The highest BCUT2D eigenvalue weighted by atomic mass is 19.1. The van der Waals surface area contributed by atoms with E-state index in [4.69, 9.17) is 4.74 Å². The molecule has 0 bridgehead atoms. The summed E-state index contributed by atoms with van der Waals surface area (Å²) in [7, 11) is 0. The largest absolute Gasteiger partial charge is 0.489 e. The first-order valence-corrected chi connectivity index (χ1v) is 5.59. The van der Waals surface area contributed by atoms with Crippen molar-refractivity contribution < 1.29 is 9.13 Å². The minimum absolute atomic E-state index is 0.230. The van der Waals surface area contributed by atoms with Crippen LogP contribution in [0.25, 0.3) is 0 Å². The topological polar surface area (TPSA) is 9.23 Å². The Balaban J connectivity index is 2.02. The normalized spacial score (nSPS) is 10.3. The molecule has 0 aliphatic rings. The molecule has 0 heterocycles. The van der Waals surface area contributed by atoms with Crippen LogP contribution >= 0.6 is 0 Å². The van der Waals surface area contributed by atoms with E-state index in [0.717, 1.165) is 5.56 Å². The van der Waals surface area contributed by atoms with Gasteiger partial charge < -0.3 is 4.74 Å². The molecule has 0 amide bonds. The predicted octanol–water partition coefficient (Wildman–Crippen LogP) is 4.02. The number of benzene rings is 2. The zero-order valence-corrected chi connectivity index (χ0v) is 10.0. The monoisotopic (exact) mass is 230 g/mol. The van der Waals surface area contributed by atoms with Gasteiger partial charge in [0.15, 0.2) is 0 Å². The summed E-state index contributed by atoms with van der Waals surface area (Å²) in [6.07, 6.45) is 0. The number of aryl methyl sites for hydroxylation is 2. The maximum atomic E-state index is 13.3. The molecule has 0 unspecified atom stereocenters. The van der Waals surface area contributed by atoms with E-state index < -0.39 is 0 Å². The zero-order valence-electron chi connectivity index (χ0n) is 10.0. The molecule has 0 saturated heterocycles. The summed E-state index contributed by atoms with van der Waals surface area (Å²) < 4.78 is 18.8. The summed E-state index contributed by atoms with van der Waals surface area (Å²) in [5.74, 6) is 0.333. The lowest BCUT2D eigenvalue weighted by Crippen LogP contribution is -1.96. The van der Waals surface area contributed by atoms with Gasteiger partial charge in [0.1, 0.15) is 18.2 Å². The molecule has 2 rings (SSSR count). The van der Waals surface area contributed by atoms with E-state index in [-0.39, 0.29) is 5.82 Å². The third-order valence-electron chi connectivity index (χ3n) is 2.67. The molecule has 0 atom stereocenters. The van der Waals surface area contributed by atoms with E-state index in [1.165, 1.54) is 11.6 Å². The van der Waals surface area contributed by atoms with E-state index in [9.17, 15) is 4.39 Å². The van der Waals surface area contributed by atoms with Crippen molar-refractivity contribution >= 4 is 0 Å². The van der Waals surface area contributed by atoms with Gasteiger partial charge in [-0.3, -0.25) is 0 Å². The van der Waals surface area contributed by atoms with E-state index in [2.05, 4.69) is 0 Å². The predicted molar refractivity (Wildman–Crippen MR) is 66.6 cm³/mol. The molecular weight excluding hydrogens is 215 g/mol. The number of ether oxygens (including phenoxy) is 1. The van der Waals surface area contributed by atoms with Crippen molar-refractivity contribution in [2.75, 3.05) is 0 Å². The lowest BCUT2D eigenvalue weighted by molar-refractivity contribution is 0.304. The van der Waals surface area contributed by atoms with E-state index in [1.807, 2.05) is 31.2 Å². The fourth-order valence-corrected chi connectivity index (χ4v) is 1.51. The Labute approximate surface area is 101 Å². The van der Waals surface area contributed by atoms with Crippen LogP contribution in [0.4, 0.5) is 4.39 Å². The molecule has 0 spiro atoms. The van der Waals surface area contributed by atoms with Gasteiger partial charge in [-0.1, -0.05) is 35.9 Å². The van der Waals surface area contributed by atoms with Crippen LogP contribution in [-0.4, -0.2) is 0 Å². The maximum Gasteiger partial charge on any atom is 0.129 e. The quantitative estimate of drug-likeness (QED) is 0.773. The zero-order chi connectivity index (χ0) is 12.3. The van der Waals surface area contributed by atoms with Crippen LogP contribution in [0.15, 0.2) is 42.5 Å². The number of hydrogen-bond donors (Lipinski definition) is 0. The van der Waals surface area contributed by atoms with Crippen molar-refractivity contribution in [3.05, 3.63) is 65.0 Å². The van der Waals surface area contributed by atoms with Gasteiger partial charge in [-0.25, -0.2) is 4.39 Å². The molecular formula is C15H15FO. The number of rotatable bonds is 3. The molecule has 17 heavy (non-hydrogen) atoms. The molecule has 2 aromatic carbocycles. The van der Waals surface area contributed by atoms with Gasteiger partial charge in [-0.05, 0) is 31.0 Å². The molecule has 0 aliphatic carbocycles. The van der Waals surface area contributed by atoms with Gasteiger partial charge >= 0.3 is 0 Å². The van der Waals surface area contributed by atoms with E-state index in [0.29, 0.717) is 17.9 Å². The maximum absolute atomic E-state index is 13.3. The van der Waals surface area contributed by atoms with Crippen LogP contribution in [0, 0.1) is 19.7 Å². The minimum atomic E-state index is -0.230. The van der Waals surface area contributed by atoms with Crippen molar-refractivity contribution in [2.45, 2.75) is 20.5 Å². The number of halogens is 1. The van der Waals surface area contributed by atoms with Gasteiger partial charge in [0.2, 0.25) is 0 Å². The van der Waals surface area contributed by atoms with Crippen LogP contribution in [0.2, 0.25) is 0 Å². The lowest BCUT2D eigenvalue weighted by Gasteiger charge is -2.07. The van der Waals surface area contributed by atoms with Crippen molar-refractivity contribution in [2.24, 2.45) is 0 Å². The molecule has 0 aromatic heterocycles. The minimum Gasteiger partial charge on any atom is -0.489 e. The van der Waals surface area contributed by atoms with E-state index in [1.54, 1.807) is 19.1 Å².